The average molecular weight is 332 g/mol. The molecule has 1 unspecified atom stereocenters. The Morgan fingerprint density at radius 2 is 2.23 bits per heavy atom. The molecule has 0 spiro atoms. The van der Waals surface area contributed by atoms with E-state index in [1.54, 1.807) is 11.3 Å². The first-order valence-corrected chi connectivity index (χ1v) is 8.65. The minimum absolute atomic E-state index is 0.120. The minimum Gasteiger partial charge on any atom is -0.386 e. The topological polar surface area (TPSA) is 62.2 Å². The summed E-state index contributed by atoms with van der Waals surface area (Å²) in [5, 5.41) is 16.9. The fourth-order valence-corrected chi connectivity index (χ4v) is 3.86. The molecule has 0 bridgehead atoms. The van der Waals surface area contributed by atoms with Crippen molar-refractivity contribution in [2.75, 3.05) is 6.54 Å². The summed E-state index contributed by atoms with van der Waals surface area (Å²) < 4.78 is 1.14. The second kappa shape index (κ2) is 6.56. The second-order valence-corrected chi connectivity index (χ2v) is 7.22. The summed E-state index contributed by atoms with van der Waals surface area (Å²) in [6.07, 6.45) is -0.428. The summed E-state index contributed by atoms with van der Waals surface area (Å²) in [6.45, 7) is 2.13. The lowest BCUT2D eigenvalue weighted by Gasteiger charge is -2.09. The Morgan fingerprint density at radius 3 is 2.95 bits per heavy atom. The van der Waals surface area contributed by atoms with Gasteiger partial charge in [-0.2, -0.15) is 0 Å². The molecule has 1 atom stereocenters. The molecule has 0 aliphatic heterocycles. The molecule has 2 heterocycles. The molecule has 1 amide bonds. The van der Waals surface area contributed by atoms with E-state index in [4.69, 9.17) is 0 Å². The van der Waals surface area contributed by atoms with E-state index in [9.17, 15) is 9.90 Å². The van der Waals surface area contributed by atoms with E-state index in [2.05, 4.69) is 10.3 Å². The third kappa shape index (κ3) is 3.52. The predicted molar refractivity (Wildman–Crippen MR) is 90.3 cm³/mol. The van der Waals surface area contributed by atoms with E-state index >= 15 is 0 Å². The highest BCUT2D eigenvalue weighted by Gasteiger charge is 2.13. The van der Waals surface area contributed by atoms with Gasteiger partial charge in [0.1, 0.15) is 6.10 Å². The number of thiazole rings is 1. The molecular formula is C16H16N2O2S2. The van der Waals surface area contributed by atoms with Gasteiger partial charge < -0.3 is 10.4 Å². The predicted octanol–water partition coefficient (Wildman–Crippen LogP) is 3.06. The van der Waals surface area contributed by atoms with Crippen LogP contribution in [0.15, 0.2) is 35.7 Å². The van der Waals surface area contributed by atoms with Crippen LogP contribution in [0.2, 0.25) is 0 Å². The maximum atomic E-state index is 11.9. The molecule has 6 heteroatoms. The number of fused-ring (bicyclic) bond motifs is 1. The SMILES string of the molecule is Cc1nc(CC(=O)NCC(O)c2cc3ccccc3s2)cs1. The summed E-state index contributed by atoms with van der Waals surface area (Å²) in [6, 6.07) is 9.97. The molecule has 2 aromatic heterocycles. The van der Waals surface area contributed by atoms with Crippen LogP contribution in [0.5, 0.6) is 0 Å². The summed E-state index contributed by atoms with van der Waals surface area (Å²) in [4.78, 5) is 17.0. The van der Waals surface area contributed by atoms with Crippen LogP contribution in [-0.2, 0) is 11.2 Å². The Kier molecular flexibility index (Phi) is 4.52. The van der Waals surface area contributed by atoms with E-state index < -0.39 is 6.10 Å². The zero-order valence-electron chi connectivity index (χ0n) is 12.1. The molecule has 0 saturated carbocycles. The molecule has 3 aromatic rings. The van der Waals surface area contributed by atoms with Crippen molar-refractivity contribution in [3.63, 3.8) is 0 Å². The molecular weight excluding hydrogens is 316 g/mol. The van der Waals surface area contributed by atoms with Gasteiger partial charge in [-0.3, -0.25) is 4.79 Å². The van der Waals surface area contributed by atoms with Crippen molar-refractivity contribution in [2.24, 2.45) is 0 Å². The number of thiophene rings is 1. The molecule has 114 valence electrons. The summed E-state index contributed by atoms with van der Waals surface area (Å²) in [5.41, 5.74) is 0.774. The highest BCUT2D eigenvalue weighted by Crippen LogP contribution is 2.29. The largest absolute Gasteiger partial charge is 0.386 e. The molecule has 0 fully saturated rings. The summed E-state index contributed by atoms with van der Waals surface area (Å²) in [5.74, 6) is -0.120. The molecule has 2 N–H and O–H groups in total. The van der Waals surface area contributed by atoms with Gasteiger partial charge in [0.15, 0.2) is 0 Å². The van der Waals surface area contributed by atoms with Crippen molar-refractivity contribution in [3.05, 3.63) is 51.3 Å². The number of aromatic nitrogens is 1. The number of hydrogen-bond donors (Lipinski definition) is 2. The lowest BCUT2D eigenvalue weighted by atomic mass is 10.2. The van der Waals surface area contributed by atoms with Crippen LogP contribution in [0.1, 0.15) is 21.7 Å². The van der Waals surface area contributed by atoms with Crippen molar-refractivity contribution in [1.82, 2.24) is 10.3 Å². The van der Waals surface area contributed by atoms with Crippen LogP contribution >= 0.6 is 22.7 Å². The highest BCUT2D eigenvalue weighted by atomic mass is 32.1. The maximum absolute atomic E-state index is 11.9. The average Bonchev–Trinajstić information content (AvgIpc) is 3.10. The smallest absolute Gasteiger partial charge is 0.226 e. The number of amides is 1. The molecule has 22 heavy (non-hydrogen) atoms. The Balaban J connectivity index is 1.57. The monoisotopic (exact) mass is 332 g/mol. The molecule has 4 nitrogen and oxygen atoms in total. The quantitative estimate of drug-likeness (QED) is 0.755. The minimum atomic E-state index is -0.682. The fourth-order valence-electron chi connectivity index (χ4n) is 2.19. The zero-order chi connectivity index (χ0) is 15.5. The molecule has 3 rings (SSSR count). The summed E-state index contributed by atoms with van der Waals surface area (Å²) >= 11 is 3.08. The number of hydrogen-bond acceptors (Lipinski definition) is 5. The molecule has 0 saturated heterocycles. The Morgan fingerprint density at radius 1 is 1.41 bits per heavy atom. The van der Waals surface area contributed by atoms with Crippen molar-refractivity contribution in [2.45, 2.75) is 19.4 Å². The van der Waals surface area contributed by atoms with Gasteiger partial charge in [-0.05, 0) is 24.4 Å². The first kappa shape index (κ1) is 15.1. The number of nitrogens with zero attached hydrogens (tertiary/aromatic N) is 1. The van der Waals surface area contributed by atoms with E-state index in [0.717, 1.165) is 25.7 Å². The lowest BCUT2D eigenvalue weighted by molar-refractivity contribution is -0.120. The second-order valence-electron chi connectivity index (χ2n) is 5.04. The van der Waals surface area contributed by atoms with E-state index in [0.29, 0.717) is 0 Å². The van der Waals surface area contributed by atoms with Crippen molar-refractivity contribution < 1.29 is 9.90 Å². The van der Waals surface area contributed by atoms with Crippen molar-refractivity contribution in [3.8, 4) is 0 Å². The lowest BCUT2D eigenvalue weighted by Crippen LogP contribution is -2.29. The molecule has 1 aromatic carbocycles. The van der Waals surface area contributed by atoms with Crippen LogP contribution in [0.3, 0.4) is 0 Å². The maximum Gasteiger partial charge on any atom is 0.226 e. The first-order chi connectivity index (χ1) is 10.6. The number of carbonyl (C=O) groups is 1. The van der Waals surface area contributed by atoms with Gasteiger partial charge in [-0.15, -0.1) is 22.7 Å². The number of aryl methyl sites for hydroxylation is 1. The van der Waals surface area contributed by atoms with Crippen LogP contribution in [0.25, 0.3) is 10.1 Å². The van der Waals surface area contributed by atoms with Gasteiger partial charge in [0.05, 0.1) is 17.1 Å². The number of aliphatic hydroxyl groups excluding tert-OH is 1. The number of nitrogens with one attached hydrogen (secondary N) is 1. The van der Waals surface area contributed by atoms with Crippen molar-refractivity contribution >= 4 is 38.7 Å². The Labute approximate surface area is 136 Å². The van der Waals surface area contributed by atoms with Crippen molar-refractivity contribution in [1.29, 1.82) is 0 Å². The fraction of sp³-hybridized carbons (Fsp3) is 0.250. The highest BCUT2D eigenvalue weighted by molar-refractivity contribution is 7.19. The van der Waals surface area contributed by atoms with Crippen LogP contribution in [0.4, 0.5) is 0 Å². The normalized spacial score (nSPS) is 12.5. The van der Waals surface area contributed by atoms with Gasteiger partial charge in [0.2, 0.25) is 5.91 Å². The third-order valence-corrected chi connectivity index (χ3v) is 5.31. The van der Waals surface area contributed by atoms with Crippen LogP contribution < -0.4 is 5.32 Å². The molecule has 0 radical (unpaired) electrons. The molecule has 0 aliphatic carbocycles. The number of carbonyl (C=O) groups excluding carboxylic acids is 1. The van der Waals surface area contributed by atoms with Crippen LogP contribution in [0, 0.1) is 6.92 Å². The van der Waals surface area contributed by atoms with E-state index in [1.807, 2.05) is 42.6 Å². The Bertz CT molecular complexity index is 761. The standard InChI is InChI=1S/C16H16N2O2S2/c1-10-18-12(9-21-10)7-16(20)17-8-13(19)15-6-11-4-2-3-5-14(11)22-15/h2-6,9,13,19H,7-8H2,1H3,(H,17,20). The molecule has 0 aliphatic rings. The number of rotatable bonds is 5. The first-order valence-electron chi connectivity index (χ1n) is 6.96. The van der Waals surface area contributed by atoms with Gasteiger partial charge in [0.25, 0.3) is 0 Å². The summed E-state index contributed by atoms with van der Waals surface area (Å²) in [7, 11) is 0. The van der Waals surface area contributed by atoms with Gasteiger partial charge in [0, 0.05) is 21.5 Å². The third-order valence-electron chi connectivity index (χ3n) is 3.27. The van der Waals surface area contributed by atoms with Gasteiger partial charge in [-0.1, -0.05) is 18.2 Å². The Hall–Kier alpha value is -1.76. The number of aliphatic hydroxyl groups is 1. The van der Waals surface area contributed by atoms with Gasteiger partial charge >= 0.3 is 0 Å². The zero-order valence-corrected chi connectivity index (χ0v) is 13.7. The van der Waals surface area contributed by atoms with Crippen LogP contribution in [-0.4, -0.2) is 22.5 Å². The van der Waals surface area contributed by atoms with E-state index in [-0.39, 0.29) is 18.9 Å². The number of benzene rings is 1. The van der Waals surface area contributed by atoms with Gasteiger partial charge in [-0.25, -0.2) is 4.98 Å². The van der Waals surface area contributed by atoms with E-state index in [1.165, 1.54) is 11.3 Å².